The monoisotopic (exact) mass is 223 g/mol. The van der Waals surface area contributed by atoms with E-state index in [0.29, 0.717) is 17.3 Å². The number of benzene rings is 1. The fraction of sp³-hybridized carbons (Fsp3) is 0.538. The van der Waals surface area contributed by atoms with Crippen molar-refractivity contribution in [3.8, 4) is 0 Å². The van der Waals surface area contributed by atoms with Gasteiger partial charge in [-0.25, -0.2) is 4.39 Å². The van der Waals surface area contributed by atoms with Crippen molar-refractivity contribution >= 4 is 5.69 Å². The van der Waals surface area contributed by atoms with Crippen molar-refractivity contribution in [3.05, 3.63) is 29.6 Å². The average Bonchev–Trinajstić information content (AvgIpc) is 3.05. The molecule has 1 aliphatic rings. The van der Waals surface area contributed by atoms with E-state index in [1.54, 1.807) is 19.1 Å². The van der Waals surface area contributed by atoms with E-state index in [4.69, 9.17) is 0 Å². The van der Waals surface area contributed by atoms with Gasteiger partial charge in [0.1, 0.15) is 5.82 Å². The van der Waals surface area contributed by atoms with Gasteiger partial charge in [0.05, 0.1) is 11.8 Å². The summed E-state index contributed by atoms with van der Waals surface area (Å²) in [6, 6.07) is 5.38. The predicted octanol–water partition coefficient (Wildman–Crippen LogP) is 2.87. The molecule has 1 aliphatic carbocycles. The van der Waals surface area contributed by atoms with Gasteiger partial charge in [-0.2, -0.15) is 0 Å². The fourth-order valence-corrected chi connectivity index (χ4v) is 2.16. The number of nitrogens with zero attached hydrogens (tertiary/aromatic N) is 1. The Balaban J connectivity index is 2.43. The van der Waals surface area contributed by atoms with Crippen LogP contribution in [0.25, 0.3) is 0 Å². The minimum Gasteiger partial charge on any atom is -0.389 e. The quantitative estimate of drug-likeness (QED) is 0.848. The molecule has 3 heteroatoms. The van der Waals surface area contributed by atoms with Crippen LogP contribution >= 0.6 is 0 Å². The Morgan fingerprint density at radius 3 is 2.69 bits per heavy atom. The van der Waals surface area contributed by atoms with Crippen molar-refractivity contribution in [2.75, 3.05) is 11.4 Å². The molecule has 16 heavy (non-hydrogen) atoms. The second kappa shape index (κ2) is 4.42. The number of aliphatic hydroxyl groups excluding tert-OH is 1. The van der Waals surface area contributed by atoms with Crippen molar-refractivity contribution < 1.29 is 9.50 Å². The lowest BCUT2D eigenvalue weighted by atomic mass is 10.1. The van der Waals surface area contributed by atoms with Crippen LogP contribution in [-0.2, 0) is 0 Å². The summed E-state index contributed by atoms with van der Waals surface area (Å²) >= 11 is 0. The van der Waals surface area contributed by atoms with E-state index in [-0.39, 0.29) is 5.82 Å². The first-order chi connectivity index (χ1) is 7.65. The van der Waals surface area contributed by atoms with Crippen LogP contribution in [0, 0.1) is 5.82 Å². The van der Waals surface area contributed by atoms with Gasteiger partial charge in [-0.15, -0.1) is 0 Å². The van der Waals surface area contributed by atoms with Crippen LogP contribution in [0.15, 0.2) is 18.2 Å². The van der Waals surface area contributed by atoms with E-state index in [0.717, 1.165) is 19.4 Å². The highest BCUT2D eigenvalue weighted by Gasteiger charge is 2.31. The lowest BCUT2D eigenvalue weighted by Crippen LogP contribution is -2.27. The van der Waals surface area contributed by atoms with E-state index in [1.165, 1.54) is 6.07 Å². The summed E-state index contributed by atoms with van der Waals surface area (Å²) in [5.74, 6) is -0.229. The van der Waals surface area contributed by atoms with Crippen molar-refractivity contribution in [1.29, 1.82) is 0 Å². The largest absolute Gasteiger partial charge is 0.389 e. The van der Waals surface area contributed by atoms with Gasteiger partial charge in [0, 0.05) is 18.2 Å². The third kappa shape index (κ3) is 2.05. The Kier molecular flexibility index (Phi) is 3.15. The zero-order valence-electron chi connectivity index (χ0n) is 9.78. The van der Waals surface area contributed by atoms with Gasteiger partial charge in [0.25, 0.3) is 0 Å². The maximum absolute atomic E-state index is 13.9. The predicted molar refractivity (Wildman–Crippen MR) is 63.1 cm³/mol. The second-order valence-corrected chi connectivity index (χ2v) is 4.37. The van der Waals surface area contributed by atoms with Gasteiger partial charge in [-0.3, -0.25) is 0 Å². The van der Waals surface area contributed by atoms with Gasteiger partial charge in [-0.1, -0.05) is 12.1 Å². The molecule has 1 saturated carbocycles. The third-order valence-electron chi connectivity index (χ3n) is 3.08. The van der Waals surface area contributed by atoms with E-state index in [2.05, 4.69) is 4.90 Å². The first-order valence-corrected chi connectivity index (χ1v) is 5.88. The molecular weight excluding hydrogens is 205 g/mol. The molecular formula is C13H18FNO. The van der Waals surface area contributed by atoms with Gasteiger partial charge in [0.2, 0.25) is 0 Å². The molecule has 1 N–H and O–H groups in total. The summed E-state index contributed by atoms with van der Waals surface area (Å²) in [6.07, 6.45) is 1.63. The van der Waals surface area contributed by atoms with Gasteiger partial charge in [-0.05, 0) is 32.8 Å². The van der Waals surface area contributed by atoms with Gasteiger partial charge in [0.15, 0.2) is 0 Å². The molecule has 0 amide bonds. The Morgan fingerprint density at radius 2 is 2.19 bits per heavy atom. The molecule has 88 valence electrons. The molecule has 0 unspecified atom stereocenters. The summed E-state index contributed by atoms with van der Waals surface area (Å²) in [5, 5.41) is 9.68. The number of hydrogen-bond donors (Lipinski definition) is 1. The zero-order valence-corrected chi connectivity index (χ0v) is 9.78. The molecule has 1 fully saturated rings. The summed E-state index contributed by atoms with van der Waals surface area (Å²) in [6.45, 7) is 4.49. The number of hydrogen-bond acceptors (Lipinski definition) is 2. The minimum atomic E-state index is -0.626. The first kappa shape index (κ1) is 11.4. The van der Waals surface area contributed by atoms with Crippen LogP contribution in [0.2, 0.25) is 0 Å². The lowest BCUT2D eigenvalue weighted by molar-refractivity contribution is 0.199. The Labute approximate surface area is 95.7 Å². The van der Waals surface area contributed by atoms with E-state index in [1.807, 2.05) is 6.92 Å². The molecule has 1 aromatic carbocycles. The molecule has 1 atom stereocenters. The highest BCUT2D eigenvalue weighted by molar-refractivity contribution is 5.57. The highest BCUT2D eigenvalue weighted by Crippen LogP contribution is 2.37. The third-order valence-corrected chi connectivity index (χ3v) is 3.08. The van der Waals surface area contributed by atoms with E-state index in [9.17, 15) is 9.50 Å². The van der Waals surface area contributed by atoms with Crippen molar-refractivity contribution in [2.45, 2.75) is 38.8 Å². The number of aliphatic hydroxyl groups is 1. The maximum Gasteiger partial charge on any atom is 0.146 e. The molecule has 0 aliphatic heterocycles. The average molecular weight is 223 g/mol. The van der Waals surface area contributed by atoms with Crippen LogP contribution in [0.1, 0.15) is 38.4 Å². The molecule has 0 heterocycles. The molecule has 0 saturated heterocycles. The van der Waals surface area contributed by atoms with E-state index < -0.39 is 6.10 Å². The summed E-state index contributed by atoms with van der Waals surface area (Å²) in [5.41, 5.74) is 1.27. The number of anilines is 1. The number of para-hydroxylation sites is 1. The van der Waals surface area contributed by atoms with Crippen LogP contribution in [0.4, 0.5) is 10.1 Å². The summed E-state index contributed by atoms with van der Waals surface area (Å²) < 4.78 is 13.9. The fourth-order valence-electron chi connectivity index (χ4n) is 2.16. The maximum atomic E-state index is 13.9. The Morgan fingerprint density at radius 1 is 1.50 bits per heavy atom. The first-order valence-electron chi connectivity index (χ1n) is 5.88. The molecule has 2 rings (SSSR count). The van der Waals surface area contributed by atoms with Crippen LogP contribution < -0.4 is 4.90 Å². The molecule has 0 radical (unpaired) electrons. The van der Waals surface area contributed by atoms with Crippen LogP contribution in [0.3, 0.4) is 0 Å². The normalized spacial score (nSPS) is 17.2. The van der Waals surface area contributed by atoms with E-state index >= 15 is 0 Å². The van der Waals surface area contributed by atoms with Crippen molar-refractivity contribution in [2.24, 2.45) is 0 Å². The SMILES string of the molecule is CCN(c1c(F)cccc1[C@@H](C)O)C1CC1. The van der Waals surface area contributed by atoms with Crippen molar-refractivity contribution in [3.63, 3.8) is 0 Å². The molecule has 0 spiro atoms. The number of rotatable bonds is 4. The van der Waals surface area contributed by atoms with Crippen LogP contribution in [0.5, 0.6) is 0 Å². The number of halogens is 1. The molecule has 2 nitrogen and oxygen atoms in total. The van der Waals surface area contributed by atoms with Gasteiger partial charge < -0.3 is 10.0 Å². The molecule has 0 aromatic heterocycles. The molecule has 0 bridgehead atoms. The smallest absolute Gasteiger partial charge is 0.146 e. The summed E-state index contributed by atoms with van der Waals surface area (Å²) in [7, 11) is 0. The minimum absolute atomic E-state index is 0.229. The lowest BCUT2D eigenvalue weighted by Gasteiger charge is -2.27. The Bertz CT molecular complexity index is 374. The Hall–Kier alpha value is -1.09. The summed E-state index contributed by atoms with van der Waals surface area (Å²) in [4.78, 5) is 2.07. The molecule has 1 aromatic rings. The van der Waals surface area contributed by atoms with Gasteiger partial charge >= 0.3 is 0 Å². The van der Waals surface area contributed by atoms with Crippen molar-refractivity contribution in [1.82, 2.24) is 0 Å². The zero-order chi connectivity index (χ0) is 11.7. The topological polar surface area (TPSA) is 23.5 Å². The highest BCUT2D eigenvalue weighted by atomic mass is 19.1. The second-order valence-electron chi connectivity index (χ2n) is 4.37. The van der Waals surface area contributed by atoms with Crippen LogP contribution in [-0.4, -0.2) is 17.7 Å². The standard InChI is InChI=1S/C13H18FNO/c1-3-15(10-7-8-10)13-11(9(2)16)5-4-6-12(13)14/h4-6,9-10,16H,3,7-8H2,1-2H3/t9-/m1/s1.